The van der Waals surface area contributed by atoms with Crippen molar-refractivity contribution in [2.24, 2.45) is 10.7 Å². The molecule has 2 aliphatic heterocycles. The highest BCUT2D eigenvalue weighted by Gasteiger charge is 2.49. The Bertz CT molecular complexity index is 952. The molecule has 3 N–H and O–H groups in total. The van der Waals surface area contributed by atoms with Crippen molar-refractivity contribution >= 4 is 32.2 Å². The van der Waals surface area contributed by atoms with Crippen LogP contribution in [0.3, 0.4) is 0 Å². The lowest BCUT2D eigenvalue weighted by Gasteiger charge is -2.35. The molecule has 29 heavy (non-hydrogen) atoms. The third-order valence-electron chi connectivity index (χ3n) is 4.96. The minimum Gasteiger partial charge on any atom is -0.477 e. The van der Waals surface area contributed by atoms with Crippen molar-refractivity contribution < 1.29 is 19.0 Å². The number of ether oxygens (including phenoxy) is 3. The molecule has 0 aliphatic carbocycles. The number of anilines is 1. The van der Waals surface area contributed by atoms with Gasteiger partial charge < -0.3 is 25.3 Å². The molecule has 1 unspecified atom stereocenters. The number of nitrogens with one attached hydrogen (secondary N) is 1. The Hall–Kier alpha value is -2.77. The van der Waals surface area contributed by atoms with Gasteiger partial charge >= 0.3 is 0 Å². The van der Waals surface area contributed by atoms with Crippen LogP contribution in [-0.4, -0.2) is 47.8 Å². The molecule has 1 saturated heterocycles. The van der Waals surface area contributed by atoms with Crippen molar-refractivity contribution in [2.75, 3.05) is 25.1 Å². The van der Waals surface area contributed by atoms with Gasteiger partial charge in [-0.3, -0.25) is 4.79 Å². The normalized spacial score (nSPS) is 23.0. The highest BCUT2D eigenvalue weighted by molar-refractivity contribution is 7.27. The zero-order chi connectivity index (χ0) is 20.4. The van der Waals surface area contributed by atoms with Gasteiger partial charge in [0.1, 0.15) is 23.9 Å². The molecule has 9 nitrogen and oxygen atoms in total. The molecule has 0 bridgehead atoms. The van der Waals surface area contributed by atoms with Crippen LogP contribution in [0, 0.1) is 0 Å². The molecule has 1 amide bonds. The number of carbonyl (C=O) groups excluding carboxylic acids is 1. The van der Waals surface area contributed by atoms with E-state index in [0.29, 0.717) is 37.8 Å². The summed E-state index contributed by atoms with van der Waals surface area (Å²) in [6, 6.07) is 5.77. The van der Waals surface area contributed by atoms with E-state index >= 15 is 0 Å². The van der Waals surface area contributed by atoms with E-state index in [9.17, 15) is 4.79 Å². The van der Waals surface area contributed by atoms with Crippen LogP contribution in [0.2, 0.25) is 0 Å². The van der Waals surface area contributed by atoms with Crippen molar-refractivity contribution in [1.82, 2.24) is 9.97 Å². The number of aromatic nitrogens is 2. The summed E-state index contributed by atoms with van der Waals surface area (Å²) in [6.45, 7) is 3.24. The molecular formula is C19H22N5O4P. The van der Waals surface area contributed by atoms with Gasteiger partial charge in [0, 0.05) is 12.1 Å². The number of nitrogens with zero attached hydrogens (tertiary/aromatic N) is 3. The molecule has 0 spiro atoms. The Kier molecular flexibility index (Phi) is 5.34. The molecule has 0 saturated carbocycles. The summed E-state index contributed by atoms with van der Waals surface area (Å²) >= 11 is 0. The Morgan fingerprint density at radius 1 is 1.41 bits per heavy atom. The Morgan fingerprint density at radius 3 is 3.03 bits per heavy atom. The fourth-order valence-corrected chi connectivity index (χ4v) is 4.02. The van der Waals surface area contributed by atoms with Gasteiger partial charge in [-0.25, -0.2) is 15.0 Å². The number of nitrogens with two attached hydrogens (primary N) is 1. The standard InChI is InChI=1S/C19H22N5O4P/c1-2-26-16-9-21-13(8-22-16)17(25)23-11-3-4-14(29)12(7-11)19-5-6-27-15(19)10-28-18(20)24-19/h3-4,7-9,15H,2,5-6,10,29H2,1H3,(H2,20,24)(H,23,25)/t15-,19+/m1/s1. The summed E-state index contributed by atoms with van der Waals surface area (Å²) in [5.41, 5.74) is 6.97. The maximum Gasteiger partial charge on any atom is 0.282 e. The molecule has 1 fully saturated rings. The highest BCUT2D eigenvalue weighted by atomic mass is 31.0. The van der Waals surface area contributed by atoms with Crippen molar-refractivity contribution in [1.29, 1.82) is 0 Å². The first kappa shape index (κ1) is 19.5. The Morgan fingerprint density at radius 2 is 2.28 bits per heavy atom. The first-order valence-electron chi connectivity index (χ1n) is 9.28. The quantitative estimate of drug-likeness (QED) is 0.698. The predicted octanol–water partition coefficient (Wildman–Crippen LogP) is 0.957. The summed E-state index contributed by atoms with van der Waals surface area (Å²) in [6.07, 6.45) is 3.27. The zero-order valence-electron chi connectivity index (χ0n) is 15.9. The number of amidine groups is 1. The van der Waals surface area contributed by atoms with Crippen molar-refractivity contribution in [3.05, 3.63) is 41.9 Å². The Balaban J connectivity index is 1.60. The second-order valence-corrected chi connectivity index (χ2v) is 7.35. The minimum atomic E-state index is -0.626. The van der Waals surface area contributed by atoms with E-state index in [2.05, 4.69) is 29.5 Å². The minimum absolute atomic E-state index is 0.148. The summed E-state index contributed by atoms with van der Waals surface area (Å²) in [5.74, 6) is 0.00904. The van der Waals surface area contributed by atoms with Gasteiger partial charge in [0.15, 0.2) is 0 Å². The van der Waals surface area contributed by atoms with E-state index in [0.717, 1.165) is 10.9 Å². The largest absolute Gasteiger partial charge is 0.477 e. The number of rotatable bonds is 5. The van der Waals surface area contributed by atoms with Crippen LogP contribution in [0.25, 0.3) is 0 Å². The van der Waals surface area contributed by atoms with Gasteiger partial charge in [-0.1, -0.05) is 6.07 Å². The molecule has 4 rings (SSSR count). The summed E-state index contributed by atoms with van der Waals surface area (Å²) in [4.78, 5) is 25.4. The summed E-state index contributed by atoms with van der Waals surface area (Å²) < 4.78 is 16.4. The lowest BCUT2D eigenvalue weighted by atomic mass is 9.83. The van der Waals surface area contributed by atoms with E-state index < -0.39 is 5.54 Å². The number of aliphatic imine (C=N–C) groups is 1. The number of hydrogen-bond acceptors (Lipinski definition) is 8. The number of hydrogen-bond donors (Lipinski definition) is 2. The average Bonchev–Trinajstić information content (AvgIpc) is 3.14. The van der Waals surface area contributed by atoms with Crippen LogP contribution in [0.15, 0.2) is 35.6 Å². The average molecular weight is 415 g/mol. The lowest BCUT2D eigenvalue weighted by molar-refractivity contribution is 0.0219. The molecule has 10 heteroatoms. The van der Waals surface area contributed by atoms with Crippen molar-refractivity contribution in [3.8, 4) is 5.88 Å². The van der Waals surface area contributed by atoms with Crippen LogP contribution in [0.1, 0.15) is 29.4 Å². The maximum atomic E-state index is 12.6. The highest BCUT2D eigenvalue weighted by Crippen LogP contribution is 2.42. The summed E-state index contributed by atoms with van der Waals surface area (Å²) in [5, 5.41) is 3.82. The molecule has 1 aromatic heterocycles. The van der Waals surface area contributed by atoms with Gasteiger partial charge in [-0.2, -0.15) is 0 Å². The molecule has 152 valence electrons. The first-order chi connectivity index (χ1) is 14.0. The third kappa shape index (κ3) is 3.75. The van der Waals surface area contributed by atoms with E-state index in [4.69, 9.17) is 19.9 Å². The maximum absolute atomic E-state index is 12.6. The monoisotopic (exact) mass is 415 g/mol. The number of fused-ring (bicyclic) bond motifs is 1. The lowest BCUT2D eigenvalue weighted by Crippen LogP contribution is -2.46. The van der Waals surface area contributed by atoms with Crippen LogP contribution in [0.4, 0.5) is 5.69 Å². The van der Waals surface area contributed by atoms with Crippen LogP contribution in [0.5, 0.6) is 5.88 Å². The number of amides is 1. The van der Waals surface area contributed by atoms with E-state index in [1.165, 1.54) is 12.4 Å². The summed E-state index contributed by atoms with van der Waals surface area (Å²) in [7, 11) is 2.71. The second kappa shape index (κ2) is 7.93. The van der Waals surface area contributed by atoms with Gasteiger partial charge in [-0.15, -0.1) is 9.24 Å². The van der Waals surface area contributed by atoms with Gasteiger partial charge in [-0.05, 0) is 29.9 Å². The fourth-order valence-electron chi connectivity index (χ4n) is 3.59. The molecule has 1 aromatic carbocycles. The van der Waals surface area contributed by atoms with Crippen LogP contribution < -0.4 is 21.1 Å². The van der Waals surface area contributed by atoms with Gasteiger partial charge in [0.05, 0.1) is 25.6 Å². The fraction of sp³-hybridized carbons (Fsp3) is 0.368. The number of benzene rings is 1. The van der Waals surface area contributed by atoms with Gasteiger partial charge in [0.25, 0.3) is 11.9 Å². The number of carbonyl (C=O) groups is 1. The SMILES string of the molecule is CCOc1cnc(C(=O)Nc2ccc(P)c([C@@]34CCO[C@@H]3COC(N)=N4)c2)cn1. The first-order valence-corrected chi connectivity index (χ1v) is 9.85. The molecular weight excluding hydrogens is 393 g/mol. The topological polar surface area (TPSA) is 121 Å². The van der Waals surface area contributed by atoms with Crippen LogP contribution >= 0.6 is 9.24 Å². The van der Waals surface area contributed by atoms with Gasteiger partial charge in [0.2, 0.25) is 5.88 Å². The van der Waals surface area contributed by atoms with Crippen molar-refractivity contribution in [2.45, 2.75) is 25.0 Å². The smallest absolute Gasteiger partial charge is 0.282 e. The molecule has 3 heterocycles. The van der Waals surface area contributed by atoms with E-state index in [1.807, 2.05) is 25.1 Å². The van der Waals surface area contributed by atoms with E-state index in [1.54, 1.807) is 0 Å². The third-order valence-corrected chi connectivity index (χ3v) is 5.46. The second-order valence-electron chi connectivity index (χ2n) is 6.72. The molecule has 2 aromatic rings. The Labute approximate surface area is 170 Å². The van der Waals surface area contributed by atoms with E-state index in [-0.39, 0.29) is 23.7 Å². The molecule has 0 radical (unpaired) electrons. The molecule has 2 aliphatic rings. The zero-order valence-corrected chi connectivity index (χ0v) is 17.1. The predicted molar refractivity (Wildman–Crippen MR) is 111 cm³/mol. The van der Waals surface area contributed by atoms with Crippen molar-refractivity contribution in [3.63, 3.8) is 0 Å². The van der Waals surface area contributed by atoms with Crippen LogP contribution in [-0.2, 0) is 15.0 Å². The molecule has 3 atom stereocenters.